The summed E-state index contributed by atoms with van der Waals surface area (Å²) in [6, 6.07) is 12.9. The van der Waals surface area contributed by atoms with Crippen molar-refractivity contribution in [2.75, 3.05) is 33.9 Å². The SMILES string of the molecule is COCCNC(=O)CNC(=O)c1cn(-c2ccc(F)cc2)nc1-c1cccc(OC)c1. The van der Waals surface area contributed by atoms with Crippen molar-refractivity contribution in [3.05, 3.63) is 66.1 Å². The van der Waals surface area contributed by atoms with Crippen LogP contribution in [0.25, 0.3) is 16.9 Å². The van der Waals surface area contributed by atoms with E-state index in [1.54, 1.807) is 49.7 Å². The largest absolute Gasteiger partial charge is 0.497 e. The van der Waals surface area contributed by atoms with Crippen LogP contribution < -0.4 is 15.4 Å². The lowest BCUT2D eigenvalue weighted by atomic mass is 10.1. The van der Waals surface area contributed by atoms with E-state index in [1.807, 2.05) is 0 Å². The second-order valence-electron chi connectivity index (χ2n) is 6.57. The third-order valence-electron chi connectivity index (χ3n) is 4.43. The van der Waals surface area contributed by atoms with Gasteiger partial charge in [0.05, 0.1) is 31.5 Å². The Morgan fingerprint density at radius 3 is 2.58 bits per heavy atom. The smallest absolute Gasteiger partial charge is 0.255 e. The fourth-order valence-electron chi connectivity index (χ4n) is 2.86. The molecule has 1 aromatic heterocycles. The van der Waals surface area contributed by atoms with Gasteiger partial charge in [0.25, 0.3) is 5.91 Å². The Kier molecular flexibility index (Phi) is 7.34. The molecule has 0 aliphatic rings. The third kappa shape index (κ3) is 5.67. The predicted molar refractivity (Wildman–Crippen MR) is 113 cm³/mol. The molecule has 0 aliphatic heterocycles. The molecule has 3 rings (SSSR count). The summed E-state index contributed by atoms with van der Waals surface area (Å²) in [7, 11) is 3.08. The molecule has 1 heterocycles. The standard InChI is InChI=1S/C22H23FN4O4/c1-30-11-10-24-20(28)13-25-22(29)19-14-27(17-8-6-16(23)7-9-17)26-21(19)15-4-3-5-18(12-15)31-2/h3-9,12,14H,10-11,13H2,1-2H3,(H,24,28)(H,25,29). The van der Waals surface area contributed by atoms with Crippen molar-refractivity contribution in [3.63, 3.8) is 0 Å². The summed E-state index contributed by atoms with van der Waals surface area (Å²) in [6.45, 7) is 0.536. The molecule has 0 atom stereocenters. The van der Waals surface area contributed by atoms with Crippen LogP contribution in [0.2, 0.25) is 0 Å². The van der Waals surface area contributed by atoms with Crippen molar-refractivity contribution in [3.8, 4) is 22.7 Å². The molecule has 0 unspecified atom stereocenters. The van der Waals surface area contributed by atoms with E-state index in [0.717, 1.165) is 0 Å². The van der Waals surface area contributed by atoms with E-state index in [1.165, 1.54) is 23.9 Å². The van der Waals surface area contributed by atoms with Crippen molar-refractivity contribution in [1.29, 1.82) is 0 Å². The Labute approximate surface area is 179 Å². The molecule has 31 heavy (non-hydrogen) atoms. The zero-order valence-electron chi connectivity index (χ0n) is 17.2. The molecule has 0 bridgehead atoms. The maximum absolute atomic E-state index is 13.3. The number of halogens is 1. The Bertz CT molecular complexity index is 1050. The van der Waals surface area contributed by atoms with Crippen LogP contribution in [0.1, 0.15) is 10.4 Å². The average molecular weight is 426 g/mol. The monoisotopic (exact) mass is 426 g/mol. The van der Waals surface area contributed by atoms with Crippen LogP contribution in [0.3, 0.4) is 0 Å². The topological polar surface area (TPSA) is 94.5 Å². The summed E-state index contributed by atoms with van der Waals surface area (Å²) in [6.07, 6.45) is 1.54. The zero-order valence-corrected chi connectivity index (χ0v) is 17.2. The summed E-state index contributed by atoms with van der Waals surface area (Å²) in [5.74, 6) is -0.564. The highest BCUT2D eigenvalue weighted by atomic mass is 19.1. The van der Waals surface area contributed by atoms with Gasteiger partial charge in [0.2, 0.25) is 5.91 Å². The summed E-state index contributed by atoms with van der Waals surface area (Å²) in [4.78, 5) is 24.8. The number of nitrogens with zero attached hydrogens (tertiary/aromatic N) is 2. The van der Waals surface area contributed by atoms with Crippen molar-refractivity contribution in [2.24, 2.45) is 0 Å². The Morgan fingerprint density at radius 1 is 1.10 bits per heavy atom. The number of rotatable bonds is 9. The number of carbonyl (C=O) groups is 2. The maximum Gasteiger partial charge on any atom is 0.255 e. The maximum atomic E-state index is 13.3. The first-order valence-corrected chi connectivity index (χ1v) is 9.55. The van der Waals surface area contributed by atoms with Crippen LogP contribution in [-0.4, -0.2) is 55.5 Å². The van der Waals surface area contributed by atoms with Gasteiger partial charge in [-0.1, -0.05) is 12.1 Å². The number of methoxy groups -OCH3 is 2. The third-order valence-corrected chi connectivity index (χ3v) is 4.43. The van der Waals surface area contributed by atoms with Gasteiger partial charge in [-0.25, -0.2) is 9.07 Å². The van der Waals surface area contributed by atoms with Crippen LogP contribution >= 0.6 is 0 Å². The van der Waals surface area contributed by atoms with Crippen LogP contribution in [0.4, 0.5) is 4.39 Å². The zero-order chi connectivity index (χ0) is 22.2. The second-order valence-corrected chi connectivity index (χ2v) is 6.57. The van der Waals surface area contributed by atoms with Crippen molar-refractivity contribution in [2.45, 2.75) is 0 Å². The Morgan fingerprint density at radius 2 is 1.87 bits per heavy atom. The molecule has 0 saturated heterocycles. The van der Waals surface area contributed by atoms with Gasteiger partial charge in [-0.3, -0.25) is 9.59 Å². The number of amides is 2. The minimum Gasteiger partial charge on any atom is -0.497 e. The van der Waals surface area contributed by atoms with E-state index in [0.29, 0.717) is 35.8 Å². The van der Waals surface area contributed by atoms with Crippen molar-refractivity contribution in [1.82, 2.24) is 20.4 Å². The Balaban J connectivity index is 1.88. The molecule has 0 fully saturated rings. The number of carbonyl (C=O) groups excluding carboxylic acids is 2. The highest BCUT2D eigenvalue weighted by Crippen LogP contribution is 2.27. The van der Waals surface area contributed by atoms with E-state index in [9.17, 15) is 14.0 Å². The number of aromatic nitrogens is 2. The molecule has 0 spiro atoms. The summed E-state index contributed by atoms with van der Waals surface area (Å²) in [5.41, 5.74) is 1.92. The van der Waals surface area contributed by atoms with Crippen LogP contribution in [0.5, 0.6) is 5.75 Å². The molecular weight excluding hydrogens is 403 g/mol. The highest BCUT2D eigenvalue weighted by molar-refractivity contribution is 6.01. The van der Waals surface area contributed by atoms with Gasteiger partial charge in [0, 0.05) is 25.4 Å². The summed E-state index contributed by atoms with van der Waals surface area (Å²) >= 11 is 0. The van der Waals surface area contributed by atoms with Crippen LogP contribution in [0.15, 0.2) is 54.7 Å². The molecule has 9 heteroatoms. The Hall–Kier alpha value is -3.72. The van der Waals surface area contributed by atoms with Crippen LogP contribution in [-0.2, 0) is 9.53 Å². The first-order chi connectivity index (χ1) is 15.0. The van der Waals surface area contributed by atoms with E-state index in [-0.39, 0.29) is 23.8 Å². The summed E-state index contributed by atoms with van der Waals surface area (Å²) < 4.78 is 24.9. The lowest BCUT2D eigenvalue weighted by molar-refractivity contribution is -0.120. The predicted octanol–water partition coefficient (Wildman–Crippen LogP) is 2.18. The first-order valence-electron chi connectivity index (χ1n) is 9.55. The second kappa shape index (κ2) is 10.4. The lowest BCUT2D eigenvalue weighted by Crippen LogP contribution is -2.38. The van der Waals surface area contributed by atoms with Gasteiger partial charge in [0.15, 0.2) is 0 Å². The number of benzene rings is 2. The fraction of sp³-hybridized carbons (Fsp3) is 0.227. The minimum atomic E-state index is -0.465. The normalized spacial score (nSPS) is 10.5. The number of hydrogen-bond donors (Lipinski definition) is 2. The summed E-state index contributed by atoms with van der Waals surface area (Å²) in [5, 5.41) is 9.76. The lowest BCUT2D eigenvalue weighted by Gasteiger charge is -2.07. The van der Waals surface area contributed by atoms with E-state index in [2.05, 4.69) is 15.7 Å². The van der Waals surface area contributed by atoms with Crippen LogP contribution in [0, 0.1) is 5.82 Å². The van der Waals surface area contributed by atoms with Gasteiger partial charge in [0.1, 0.15) is 17.3 Å². The molecule has 2 aromatic carbocycles. The van der Waals surface area contributed by atoms with Crippen molar-refractivity contribution >= 4 is 11.8 Å². The van der Waals surface area contributed by atoms with Gasteiger partial charge in [-0.15, -0.1) is 0 Å². The van der Waals surface area contributed by atoms with Gasteiger partial charge in [-0.2, -0.15) is 5.10 Å². The minimum absolute atomic E-state index is 0.193. The van der Waals surface area contributed by atoms with Gasteiger partial charge in [-0.05, 0) is 36.4 Å². The molecule has 8 nitrogen and oxygen atoms in total. The van der Waals surface area contributed by atoms with Gasteiger partial charge < -0.3 is 20.1 Å². The number of hydrogen-bond acceptors (Lipinski definition) is 5. The van der Waals surface area contributed by atoms with E-state index < -0.39 is 5.91 Å². The molecule has 0 radical (unpaired) electrons. The quantitative estimate of drug-likeness (QED) is 0.512. The fourth-order valence-corrected chi connectivity index (χ4v) is 2.86. The molecule has 0 saturated carbocycles. The van der Waals surface area contributed by atoms with Gasteiger partial charge >= 0.3 is 0 Å². The number of nitrogens with one attached hydrogen (secondary N) is 2. The highest BCUT2D eigenvalue weighted by Gasteiger charge is 2.19. The molecule has 2 N–H and O–H groups in total. The number of ether oxygens (including phenoxy) is 2. The molecular formula is C22H23FN4O4. The first kappa shape index (κ1) is 22.0. The molecule has 2 amide bonds. The molecule has 0 aliphatic carbocycles. The van der Waals surface area contributed by atoms with Crippen molar-refractivity contribution < 1.29 is 23.5 Å². The van der Waals surface area contributed by atoms with E-state index in [4.69, 9.17) is 9.47 Å². The molecule has 3 aromatic rings. The van der Waals surface area contributed by atoms with E-state index >= 15 is 0 Å². The average Bonchev–Trinajstić information content (AvgIpc) is 3.24. The molecule has 162 valence electrons.